The first-order chi connectivity index (χ1) is 7.67. The van der Waals surface area contributed by atoms with E-state index in [0.717, 1.165) is 12.5 Å². The zero-order chi connectivity index (χ0) is 12.0. The predicted molar refractivity (Wildman–Crippen MR) is 69.7 cm³/mol. The molecule has 0 aromatic heterocycles. The fourth-order valence-electron chi connectivity index (χ4n) is 2.93. The molecule has 1 aliphatic heterocycles. The van der Waals surface area contributed by atoms with Crippen molar-refractivity contribution in [1.29, 1.82) is 0 Å². The molecule has 16 heavy (non-hydrogen) atoms. The highest BCUT2D eigenvalue weighted by Crippen LogP contribution is 2.29. The zero-order valence-corrected chi connectivity index (χ0v) is 11.5. The molecule has 3 unspecified atom stereocenters. The van der Waals surface area contributed by atoms with Crippen LogP contribution in [0.4, 0.5) is 0 Å². The first-order valence-electron chi connectivity index (χ1n) is 7.06. The minimum Gasteiger partial charge on any atom is -0.376 e. The van der Waals surface area contributed by atoms with E-state index in [9.17, 15) is 0 Å². The topological polar surface area (TPSA) is 21.3 Å². The van der Waals surface area contributed by atoms with E-state index in [1.807, 2.05) is 0 Å². The molecule has 2 heteroatoms. The third kappa shape index (κ3) is 4.42. The Morgan fingerprint density at radius 3 is 2.25 bits per heavy atom. The van der Waals surface area contributed by atoms with Gasteiger partial charge >= 0.3 is 0 Å². The monoisotopic (exact) mass is 227 g/mol. The van der Waals surface area contributed by atoms with Gasteiger partial charge in [0.25, 0.3) is 0 Å². The van der Waals surface area contributed by atoms with Crippen molar-refractivity contribution in [3.8, 4) is 0 Å². The van der Waals surface area contributed by atoms with Gasteiger partial charge in [0.15, 0.2) is 0 Å². The van der Waals surface area contributed by atoms with Crippen LogP contribution in [0, 0.1) is 5.92 Å². The van der Waals surface area contributed by atoms with E-state index >= 15 is 0 Å². The van der Waals surface area contributed by atoms with E-state index in [2.05, 4.69) is 33.0 Å². The number of ether oxygens (including phenoxy) is 1. The van der Waals surface area contributed by atoms with Gasteiger partial charge in [0.05, 0.1) is 12.2 Å². The number of nitrogens with one attached hydrogen (secondary N) is 1. The molecular formula is C14H29NO. The van der Waals surface area contributed by atoms with Crippen molar-refractivity contribution in [1.82, 2.24) is 5.32 Å². The summed E-state index contributed by atoms with van der Waals surface area (Å²) in [6, 6.07) is 0.707. The van der Waals surface area contributed by atoms with Crippen LogP contribution >= 0.6 is 0 Å². The second kappa shape index (κ2) is 7.29. The lowest BCUT2D eigenvalue weighted by Crippen LogP contribution is -2.42. The minimum atomic E-state index is 0.441. The summed E-state index contributed by atoms with van der Waals surface area (Å²) >= 11 is 0. The normalized spacial score (nSPS) is 32.6. The molecule has 0 amide bonds. The van der Waals surface area contributed by atoms with E-state index in [4.69, 9.17) is 4.74 Å². The van der Waals surface area contributed by atoms with Crippen LogP contribution in [0.3, 0.4) is 0 Å². The van der Waals surface area contributed by atoms with Crippen LogP contribution < -0.4 is 5.32 Å². The van der Waals surface area contributed by atoms with Gasteiger partial charge in [0, 0.05) is 6.04 Å². The third-order valence-corrected chi connectivity index (χ3v) is 3.56. The number of hydrogen-bond donors (Lipinski definition) is 1. The van der Waals surface area contributed by atoms with Gasteiger partial charge < -0.3 is 10.1 Å². The summed E-state index contributed by atoms with van der Waals surface area (Å²) in [5, 5.41) is 3.73. The van der Waals surface area contributed by atoms with Gasteiger partial charge in [0.1, 0.15) is 0 Å². The lowest BCUT2D eigenvalue weighted by Gasteiger charge is -2.37. The molecule has 0 aromatic carbocycles. The van der Waals surface area contributed by atoms with Crippen molar-refractivity contribution in [2.24, 2.45) is 5.92 Å². The van der Waals surface area contributed by atoms with Crippen LogP contribution in [0.15, 0.2) is 0 Å². The summed E-state index contributed by atoms with van der Waals surface area (Å²) in [5.74, 6) is 0.810. The first kappa shape index (κ1) is 14.0. The van der Waals surface area contributed by atoms with Gasteiger partial charge in [-0.05, 0) is 52.0 Å². The molecule has 1 fully saturated rings. The highest BCUT2D eigenvalue weighted by Gasteiger charge is 2.29. The number of hydrogen-bond acceptors (Lipinski definition) is 2. The SMILES string of the molecule is CCCNC(CCC)C1CC(C)OC(C)C1. The van der Waals surface area contributed by atoms with Crippen molar-refractivity contribution in [2.75, 3.05) is 6.54 Å². The third-order valence-electron chi connectivity index (χ3n) is 3.56. The van der Waals surface area contributed by atoms with Gasteiger partial charge in [-0.2, -0.15) is 0 Å². The molecule has 2 nitrogen and oxygen atoms in total. The minimum absolute atomic E-state index is 0.441. The summed E-state index contributed by atoms with van der Waals surface area (Å²) in [4.78, 5) is 0. The fourth-order valence-corrected chi connectivity index (χ4v) is 2.93. The Hall–Kier alpha value is -0.0800. The van der Waals surface area contributed by atoms with Gasteiger partial charge in [-0.1, -0.05) is 20.3 Å². The van der Waals surface area contributed by atoms with E-state index in [1.165, 1.54) is 32.1 Å². The summed E-state index contributed by atoms with van der Waals surface area (Å²) in [5.41, 5.74) is 0. The molecule has 1 N–H and O–H groups in total. The maximum Gasteiger partial charge on any atom is 0.0553 e. The molecular weight excluding hydrogens is 198 g/mol. The molecule has 1 rings (SSSR count). The largest absolute Gasteiger partial charge is 0.376 e. The smallest absolute Gasteiger partial charge is 0.0553 e. The predicted octanol–water partition coefficient (Wildman–Crippen LogP) is 3.36. The molecule has 0 spiro atoms. The summed E-state index contributed by atoms with van der Waals surface area (Å²) in [6.07, 6.45) is 7.16. The van der Waals surface area contributed by atoms with Crippen LogP contribution in [0.25, 0.3) is 0 Å². The molecule has 0 radical (unpaired) electrons. The van der Waals surface area contributed by atoms with Crippen molar-refractivity contribution >= 4 is 0 Å². The molecule has 3 atom stereocenters. The fraction of sp³-hybridized carbons (Fsp3) is 1.00. The summed E-state index contributed by atoms with van der Waals surface area (Å²) in [6.45, 7) is 10.1. The molecule has 0 saturated carbocycles. The van der Waals surface area contributed by atoms with Crippen molar-refractivity contribution in [3.05, 3.63) is 0 Å². The Balaban J connectivity index is 2.47. The van der Waals surface area contributed by atoms with Crippen LogP contribution in [0.1, 0.15) is 59.8 Å². The molecule has 0 aromatic rings. The summed E-state index contributed by atoms with van der Waals surface area (Å²) < 4.78 is 5.82. The second-order valence-electron chi connectivity index (χ2n) is 5.34. The zero-order valence-electron chi connectivity index (χ0n) is 11.5. The lowest BCUT2D eigenvalue weighted by atomic mass is 9.84. The Labute approximate surface area is 101 Å². The van der Waals surface area contributed by atoms with E-state index in [0.29, 0.717) is 18.2 Å². The lowest BCUT2D eigenvalue weighted by molar-refractivity contribution is -0.0593. The highest BCUT2D eigenvalue weighted by molar-refractivity contribution is 4.83. The van der Waals surface area contributed by atoms with Crippen molar-refractivity contribution < 1.29 is 4.74 Å². The highest BCUT2D eigenvalue weighted by atomic mass is 16.5. The Bertz CT molecular complexity index is 174. The second-order valence-corrected chi connectivity index (χ2v) is 5.34. The average molecular weight is 227 g/mol. The number of rotatable bonds is 6. The average Bonchev–Trinajstić information content (AvgIpc) is 2.22. The van der Waals surface area contributed by atoms with Crippen LogP contribution in [-0.4, -0.2) is 24.8 Å². The maximum atomic E-state index is 5.82. The molecule has 0 aliphatic carbocycles. The van der Waals surface area contributed by atoms with Gasteiger partial charge in [-0.25, -0.2) is 0 Å². The quantitative estimate of drug-likeness (QED) is 0.751. The molecule has 96 valence electrons. The van der Waals surface area contributed by atoms with Crippen molar-refractivity contribution in [3.63, 3.8) is 0 Å². The van der Waals surface area contributed by atoms with Crippen LogP contribution in [0.5, 0.6) is 0 Å². The van der Waals surface area contributed by atoms with E-state index in [-0.39, 0.29) is 0 Å². The van der Waals surface area contributed by atoms with Gasteiger partial charge in [-0.3, -0.25) is 0 Å². The maximum absolute atomic E-state index is 5.82. The van der Waals surface area contributed by atoms with Gasteiger partial charge in [0.2, 0.25) is 0 Å². The standard InChI is InChI=1S/C14H29NO/c1-5-7-14(15-8-6-2)13-9-11(3)16-12(4)10-13/h11-15H,5-10H2,1-4H3. The molecule has 1 heterocycles. The molecule has 1 aliphatic rings. The Kier molecular flexibility index (Phi) is 6.37. The molecule has 0 bridgehead atoms. The first-order valence-corrected chi connectivity index (χ1v) is 7.06. The van der Waals surface area contributed by atoms with E-state index < -0.39 is 0 Å². The van der Waals surface area contributed by atoms with Crippen LogP contribution in [-0.2, 0) is 4.74 Å². The van der Waals surface area contributed by atoms with Crippen molar-refractivity contribution in [2.45, 2.75) is 78.0 Å². The summed E-state index contributed by atoms with van der Waals surface area (Å²) in [7, 11) is 0. The van der Waals surface area contributed by atoms with E-state index in [1.54, 1.807) is 0 Å². The Morgan fingerprint density at radius 1 is 1.12 bits per heavy atom. The van der Waals surface area contributed by atoms with Crippen LogP contribution in [0.2, 0.25) is 0 Å². The molecule has 1 saturated heterocycles. The Morgan fingerprint density at radius 2 is 1.75 bits per heavy atom. The van der Waals surface area contributed by atoms with Gasteiger partial charge in [-0.15, -0.1) is 0 Å².